The summed E-state index contributed by atoms with van der Waals surface area (Å²) in [6.45, 7) is 0.591. The van der Waals surface area contributed by atoms with Crippen molar-refractivity contribution in [1.29, 1.82) is 0 Å². The van der Waals surface area contributed by atoms with Crippen molar-refractivity contribution in [2.24, 2.45) is 5.73 Å². The lowest BCUT2D eigenvalue weighted by Gasteiger charge is -2.05. The Labute approximate surface area is 82.0 Å². The highest BCUT2D eigenvalue weighted by Gasteiger charge is 2.07. The minimum atomic E-state index is -0.801. The molecule has 0 fully saturated rings. The summed E-state index contributed by atoms with van der Waals surface area (Å²) in [5, 5.41) is 18.4. The molecule has 0 atom stereocenters. The molecule has 0 heterocycles. The van der Waals surface area contributed by atoms with Crippen molar-refractivity contribution in [3.63, 3.8) is 0 Å². The number of aromatic hydroxyl groups is 2. The molecule has 0 aromatic heterocycles. The van der Waals surface area contributed by atoms with Gasteiger partial charge in [-0.15, -0.1) is 0 Å². The SMILES string of the molecule is NCCCCc1cc(O)c(F)cc1O. The number of phenols is 2. The van der Waals surface area contributed by atoms with Gasteiger partial charge in [0.2, 0.25) is 0 Å². The summed E-state index contributed by atoms with van der Waals surface area (Å²) in [4.78, 5) is 0. The summed E-state index contributed by atoms with van der Waals surface area (Å²) >= 11 is 0. The van der Waals surface area contributed by atoms with Gasteiger partial charge in [0.05, 0.1) is 0 Å². The molecule has 3 nitrogen and oxygen atoms in total. The van der Waals surface area contributed by atoms with E-state index in [1.54, 1.807) is 0 Å². The minimum Gasteiger partial charge on any atom is -0.508 e. The zero-order valence-corrected chi connectivity index (χ0v) is 7.83. The van der Waals surface area contributed by atoms with Crippen LogP contribution in [0.2, 0.25) is 0 Å². The van der Waals surface area contributed by atoms with Gasteiger partial charge in [0.15, 0.2) is 11.6 Å². The fraction of sp³-hybridized carbons (Fsp3) is 0.400. The van der Waals surface area contributed by atoms with E-state index in [1.807, 2.05) is 0 Å². The van der Waals surface area contributed by atoms with Crippen LogP contribution in [0.4, 0.5) is 4.39 Å². The van der Waals surface area contributed by atoms with E-state index in [0.29, 0.717) is 18.5 Å². The van der Waals surface area contributed by atoms with E-state index in [1.165, 1.54) is 6.07 Å². The Balaban J connectivity index is 2.72. The van der Waals surface area contributed by atoms with Gasteiger partial charge in [0.1, 0.15) is 5.75 Å². The fourth-order valence-electron chi connectivity index (χ4n) is 1.25. The highest BCUT2D eigenvalue weighted by molar-refractivity contribution is 5.39. The topological polar surface area (TPSA) is 66.5 Å². The number of aryl methyl sites for hydroxylation is 1. The van der Waals surface area contributed by atoms with Crippen LogP contribution >= 0.6 is 0 Å². The largest absolute Gasteiger partial charge is 0.508 e. The van der Waals surface area contributed by atoms with Gasteiger partial charge in [-0.3, -0.25) is 0 Å². The highest BCUT2D eigenvalue weighted by atomic mass is 19.1. The van der Waals surface area contributed by atoms with Crippen molar-refractivity contribution in [3.8, 4) is 11.5 Å². The molecule has 4 N–H and O–H groups in total. The minimum absolute atomic E-state index is 0.114. The molecule has 1 aromatic rings. The number of benzene rings is 1. The molecule has 78 valence electrons. The molecule has 0 aliphatic heterocycles. The molecule has 14 heavy (non-hydrogen) atoms. The Morgan fingerprint density at radius 2 is 1.86 bits per heavy atom. The van der Waals surface area contributed by atoms with E-state index < -0.39 is 11.6 Å². The van der Waals surface area contributed by atoms with E-state index in [-0.39, 0.29) is 5.75 Å². The van der Waals surface area contributed by atoms with Crippen LogP contribution in [-0.2, 0) is 6.42 Å². The molecular formula is C10H14FNO2. The van der Waals surface area contributed by atoms with Crippen LogP contribution in [0.25, 0.3) is 0 Å². The van der Waals surface area contributed by atoms with Gasteiger partial charge in [-0.1, -0.05) is 0 Å². The van der Waals surface area contributed by atoms with Crippen molar-refractivity contribution in [1.82, 2.24) is 0 Å². The molecule has 4 heteroatoms. The van der Waals surface area contributed by atoms with Gasteiger partial charge in [0, 0.05) is 6.07 Å². The summed E-state index contributed by atoms with van der Waals surface area (Å²) < 4.78 is 12.7. The number of rotatable bonds is 4. The lowest BCUT2D eigenvalue weighted by molar-refractivity contribution is 0.417. The summed E-state index contributed by atoms with van der Waals surface area (Å²) in [5.74, 6) is -1.34. The summed E-state index contributed by atoms with van der Waals surface area (Å²) in [5.41, 5.74) is 5.87. The van der Waals surface area contributed by atoms with E-state index in [4.69, 9.17) is 10.8 Å². The Morgan fingerprint density at radius 3 is 2.50 bits per heavy atom. The molecule has 0 amide bonds. The average Bonchev–Trinajstić information content (AvgIpc) is 2.14. The van der Waals surface area contributed by atoms with Crippen molar-refractivity contribution in [2.45, 2.75) is 19.3 Å². The van der Waals surface area contributed by atoms with Crippen molar-refractivity contribution < 1.29 is 14.6 Å². The molecule has 0 radical (unpaired) electrons. The van der Waals surface area contributed by atoms with Gasteiger partial charge in [-0.25, -0.2) is 4.39 Å². The van der Waals surface area contributed by atoms with Crippen molar-refractivity contribution in [2.75, 3.05) is 6.54 Å². The first-order valence-corrected chi connectivity index (χ1v) is 4.55. The van der Waals surface area contributed by atoms with Gasteiger partial charge in [0.25, 0.3) is 0 Å². The number of phenolic OH excluding ortho intramolecular Hbond substituents is 2. The Hall–Kier alpha value is -1.29. The van der Waals surface area contributed by atoms with Crippen molar-refractivity contribution in [3.05, 3.63) is 23.5 Å². The lowest BCUT2D eigenvalue weighted by Crippen LogP contribution is -1.99. The predicted molar refractivity (Wildman–Crippen MR) is 51.7 cm³/mol. The molecular weight excluding hydrogens is 185 g/mol. The predicted octanol–water partition coefficient (Wildman–Crippen LogP) is 1.52. The van der Waals surface area contributed by atoms with Gasteiger partial charge >= 0.3 is 0 Å². The number of halogens is 1. The molecule has 1 rings (SSSR count). The van der Waals surface area contributed by atoms with Gasteiger partial charge in [-0.05, 0) is 37.4 Å². The van der Waals surface area contributed by atoms with Crippen LogP contribution < -0.4 is 5.73 Å². The van der Waals surface area contributed by atoms with E-state index in [9.17, 15) is 9.50 Å². The first kappa shape index (κ1) is 10.8. The second-order valence-electron chi connectivity index (χ2n) is 3.18. The Bertz CT molecular complexity index is 315. The monoisotopic (exact) mass is 199 g/mol. The van der Waals surface area contributed by atoms with Crippen LogP contribution in [-0.4, -0.2) is 16.8 Å². The van der Waals surface area contributed by atoms with Crippen LogP contribution in [0.3, 0.4) is 0 Å². The van der Waals surface area contributed by atoms with Gasteiger partial charge < -0.3 is 15.9 Å². The third kappa shape index (κ3) is 2.60. The fourth-order valence-corrected chi connectivity index (χ4v) is 1.25. The van der Waals surface area contributed by atoms with E-state index in [0.717, 1.165) is 18.9 Å². The molecule has 0 spiro atoms. The standard InChI is InChI=1S/C10H14FNO2/c11-8-6-9(13)7(5-10(8)14)3-1-2-4-12/h5-6,13-14H,1-4,12H2. The molecule has 0 aliphatic rings. The average molecular weight is 199 g/mol. The Morgan fingerprint density at radius 1 is 1.14 bits per heavy atom. The Kier molecular flexibility index (Phi) is 3.71. The van der Waals surface area contributed by atoms with Crippen LogP contribution in [0.5, 0.6) is 11.5 Å². The first-order chi connectivity index (χ1) is 6.65. The second-order valence-corrected chi connectivity index (χ2v) is 3.18. The normalized spacial score (nSPS) is 10.4. The molecule has 1 aromatic carbocycles. The summed E-state index contributed by atoms with van der Waals surface area (Å²) in [7, 11) is 0. The zero-order chi connectivity index (χ0) is 10.6. The van der Waals surface area contributed by atoms with E-state index >= 15 is 0 Å². The first-order valence-electron chi connectivity index (χ1n) is 4.55. The third-order valence-electron chi connectivity index (χ3n) is 2.05. The maximum absolute atomic E-state index is 12.7. The van der Waals surface area contributed by atoms with Crippen LogP contribution in [0.1, 0.15) is 18.4 Å². The summed E-state index contributed by atoms with van der Waals surface area (Å²) in [6.07, 6.45) is 2.25. The maximum Gasteiger partial charge on any atom is 0.168 e. The number of nitrogens with two attached hydrogens (primary N) is 1. The highest BCUT2D eigenvalue weighted by Crippen LogP contribution is 2.26. The number of hydrogen-bond acceptors (Lipinski definition) is 3. The van der Waals surface area contributed by atoms with E-state index in [2.05, 4.69) is 0 Å². The van der Waals surface area contributed by atoms with Crippen LogP contribution in [0, 0.1) is 5.82 Å². The maximum atomic E-state index is 12.7. The van der Waals surface area contributed by atoms with Crippen LogP contribution in [0.15, 0.2) is 12.1 Å². The molecule has 0 saturated heterocycles. The smallest absolute Gasteiger partial charge is 0.168 e. The molecule has 0 unspecified atom stereocenters. The summed E-state index contributed by atoms with van der Waals surface area (Å²) in [6, 6.07) is 2.17. The van der Waals surface area contributed by atoms with Crippen molar-refractivity contribution >= 4 is 0 Å². The quantitative estimate of drug-likeness (QED) is 0.508. The number of hydrogen-bond donors (Lipinski definition) is 3. The molecule has 0 aliphatic carbocycles. The number of unbranched alkanes of at least 4 members (excludes halogenated alkanes) is 1. The zero-order valence-electron chi connectivity index (χ0n) is 7.83. The third-order valence-corrected chi connectivity index (χ3v) is 2.05. The second kappa shape index (κ2) is 4.81. The molecule has 0 bridgehead atoms. The molecule has 0 saturated carbocycles. The lowest BCUT2D eigenvalue weighted by atomic mass is 10.1. The van der Waals surface area contributed by atoms with Gasteiger partial charge in [-0.2, -0.15) is 0 Å².